The Morgan fingerprint density at radius 1 is 1.50 bits per heavy atom. The summed E-state index contributed by atoms with van der Waals surface area (Å²) in [6.45, 7) is 0. The maximum absolute atomic E-state index is 11.6. The normalized spacial score (nSPS) is 10.4. The first kappa shape index (κ1) is 10.9. The third-order valence-corrected chi connectivity index (χ3v) is 2.74. The summed E-state index contributed by atoms with van der Waals surface area (Å²) in [5.41, 5.74) is 7.11. The smallest absolute Gasteiger partial charge is 0.340 e. The summed E-state index contributed by atoms with van der Waals surface area (Å²) in [4.78, 5) is 15.7. The standard InChI is InChI=1S/C11H9BrN2O2/c1-16-11(15)10-7-3-2-6(12)4-9(7)14-5-8(10)13/h2-5H,13H2,1H3. The predicted molar refractivity (Wildman–Crippen MR) is 65.2 cm³/mol. The topological polar surface area (TPSA) is 65.2 Å². The van der Waals surface area contributed by atoms with Gasteiger partial charge in [-0.3, -0.25) is 4.98 Å². The van der Waals surface area contributed by atoms with Crippen LogP contribution in [-0.2, 0) is 4.74 Å². The molecular formula is C11H9BrN2O2. The van der Waals surface area contributed by atoms with Crippen molar-refractivity contribution in [1.29, 1.82) is 0 Å². The van der Waals surface area contributed by atoms with Crippen LogP contribution in [0.4, 0.5) is 5.69 Å². The zero-order valence-corrected chi connectivity index (χ0v) is 10.1. The highest BCUT2D eigenvalue weighted by Gasteiger charge is 2.15. The lowest BCUT2D eigenvalue weighted by Gasteiger charge is -2.07. The van der Waals surface area contributed by atoms with Crippen molar-refractivity contribution in [2.75, 3.05) is 12.8 Å². The summed E-state index contributed by atoms with van der Waals surface area (Å²) in [6, 6.07) is 5.44. The van der Waals surface area contributed by atoms with Crippen molar-refractivity contribution in [3.05, 3.63) is 34.4 Å². The second kappa shape index (κ2) is 4.09. The number of nitrogen functional groups attached to an aromatic ring is 1. The Balaban J connectivity index is 2.79. The van der Waals surface area contributed by atoms with E-state index >= 15 is 0 Å². The van der Waals surface area contributed by atoms with Crippen LogP contribution < -0.4 is 5.73 Å². The Labute approximate surface area is 101 Å². The Hall–Kier alpha value is -1.62. The molecule has 1 aromatic carbocycles. The monoisotopic (exact) mass is 280 g/mol. The Kier molecular flexibility index (Phi) is 2.78. The third-order valence-electron chi connectivity index (χ3n) is 2.25. The number of rotatable bonds is 1. The zero-order valence-electron chi connectivity index (χ0n) is 8.53. The highest BCUT2D eigenvalue weighted by molar-refractivity contribution is 9.10. The molecule has 0 saturated heterocycles. The summed E-state index contributed by atoms with van der Waals surface area (Å²) in [5.74, 6) is -0.452. The van der Waals surface area contributed by atoms with Crippen LogP contribution in [-0.4, -0.2) is 18.1 Å². The van der Waals surface area contributed by atoms with Crippen LogP contribution in [0.2, 0.25) is 0 Å². The minimum atomic E-state index is -0.452. The molecular weight excluding hydrogens is 272 g/mol. The van der Waals surface area contributed by atoms with Crippen molar-refractivity contribution in [3.8, 4) is 0 Å². The van der Waals surface area contributed by atoms with Gasteiger partial charge in [-0.05, 0) is 12.1 Å². The Bertz CT molecular complexity index is 569. The molecule has 82 valence electrons. The van der Waals surface area contributed by atoms with Crippen LogP contribution in [0.5, 0.6) is 0 Å². The lowest BCUT2D eigenvalue weighted by molar-refractivity contribution is 0.0604. The van der Waals surface area contributed by atoms with E-state index in [2.05, 4.69) is 20.9 Å². The minimum Gasteiger partial charge on any atom is -0.465 e. The molecule has 0 saturated carbocycles. The number of carbonyl (C=O) groups excluding carboxylic acids is 1. The molecule has 0 spiro atoms. The molecule has 0 aliphatic heterocycles. The Morgan fingerprint density at radius 3 is 2.94 bits per heavy atom. The van der Waals surface area contributed by atoms with E-state index in [-0.39, 0.29) is 0 Å². The highest BCUT2D eigenvalue weighted by Crippen LogP contribution is 2.25. The zero-order chi connectivity index (χ0) is 11.7. The molecule has 1 aromatic heterocycles. The minimum absolute atomic E-state index is 0.321. The lowest BCUT2D eigenvalue weighted by Crippen LogP contribution is -2.07. The molecule has 0 radical (unpaired) electrons. The summed E-state index contributed by atoms with van der Waals surface area (Å²) in [6.07, 6.45) is 1.46. The van der Waals surface area contributed by atoms with Gasteiger partial charge in [0, 0.05) is 9.86 Å². The van der Waals surface area contributed by atoms with Crippen molar-refractivity contribution >= 4 is 38.5 Å². The number of carbonyl (C=O) groups is 1. The predicted octanol–water partition coefficient (Wildman–Crippen LogP) is 2.37. The number of benzene rings is 1. The molecule has 4 nitrogen and oxygen atoms in total. The van der Waals surface area contributed by atoms with E-state index in [0.29, 0.717) is 22.2 Å². The Morgan fingerprint density at radius 2 is 2.25 bits per heavy atom. The molecule has 0 aliphatic rings. The maximum Gasteiger partial charge on any atom is 0.340 e. The third kappa shape index (κ3) is 1.74. The summed E-state index contributed by atoms with van der Waals surface area (Å²) < 4.78 is 5.59. The number of hydrogen-bond donors (Lipinski definition) is 1. The number of nitrogens with zero attached hydrogens (tertiary/aromatic N) is 1. The van der Waals surface area contributed by atoms with Gasteiger partial charge in [0.15, 0.2) is 0 Å². The second-order valence-corrected chi connectivity index (χ2v) is 4.16. The van der Waals surface area contributed by atoms with E-state index in [1.807, 2.05) is 12.1 Å². The van der Waals surface area contributed by atoms with Crippen molar-refractivity contribution in [2.24, 2.45) is 0 Å². The molecule has 2 N–H and O–H groups in total. The van der Waals surface area contributed by atoms with Gasteiger partial charge in [0.25, 0.3) is 0 Å². The number of ether oxygens (including phenoxy) is 1. The number of aromatic nitrogens is 1. The van der Waals surface area contributed by atoms with Crippen LogP contribution in [0.3, 0.4) is 0 Å². The van der Waals surface area contributed by atoms with E-state index in [4.69, 9.17) is 10.5 Å². The van der Waals surface area contributed by atoms with Gasteiger partial charge in [-0.25, -0.2) is 4.79 Å². The number of halogens is 1. The van der Waals surface area contributed by atoms with Crippen LogP contribution in [0.1, 0.15) is 10.4 Å². The SMILES string of the molecule is COC(=O)c1c(N)cnc2cc(Br)ccc12. The summed E-state index contributed by atoms with van der Waals surface area (Å²) in [7, 11) is 1.33. The molecule has 2 rings (SSSR count). The maximum atomic E-state index is 11.6. The largest absolute Gasteiger partial charge is 0.465 e. The van der Waals surface area contributed by atoms with E-state index < -0.39 is 5.97 Å². The van der Waals surface area contributed by atoms with Gasteiger partial charge in [-0.15, -0.1) is 0 Å². The van der Waals surface area contributed by atoms with Crippen molar-refractivity contribution in [3.63, 3.8) is 0 Å². The molecule has 0 unspecified atom stereocenters. The quantitative estimate of drug-likeness (QED) is 0.815. The second-order valence-electron chi connectivity index (χ2n) is 3.24. The lowest BCUT2D eigenvalue weighted by atomic mass is 10.1. The molecule has 2 aromatic rings. The number of anilines is 1. The van der Waals surface area contributed by atoms with E-state index in [1.54, 1.807) is 6.07 Å². The van der Waals surface area contributed by atoms with Crippen LogP contribution in [0.25, 0.3) is 10.9 Å². The first-order chi connectivity index (χ1) is 7.63. The molecule has 1 heterocycles. The molecule has 0 aliphatic carbocycles. The average Bonchev–Trinajstić information content (AvgIpc) is 2.28. The van der Waals surface area contributed by atoms with E-state index in [1.165, 1.54) is 13.3 Å². The van der Waals surface area contributed by atoms with Gasteiger partial charge in [-0.1, -0.05) is 22.0 Å². The molecule has 0 bridgehead atoms. The fourth-order valence-electron chi connectivity index (χ4n) is 1.51. The fourth-order valence-corrected chi connectivity index (χ4v) is 1.86. The summed E-state index contributed by atoms with van der Waals surface area (Å²) >= 11 is 3.34. The van der Waals surface area contributed by atoms with Gasteiger partial charge >= 0.3 is 5.97 Å². The van der Waals surface area contributed by atoms with Gasteiger partial charge in [0.1, 0.15) is 0 Å². The number of esters is 1. The van der Waals surface area contributed by atoms with Crippen molar-refractivity contribution in [2.45, 2.75) is 0 Å². The number of hydrogen-bond acceptors (Lipinski definition) is 4. The van der Waals surface area contributed by atoms with Crippen molar-refractivity contribution in [1.82, 2.24) is 4.98 Å². The highest BCUT2D eigenvalue weighted by atomic mass is 79.9. The van der Waals surface area contributed by atoms with Gasteiger partial charge in [0.2, 0.25) is 0 Å². The first-order valence-corrected chi connectivity index (χ1v) is 5.35. The molecule has 0 atom stereocenters. The molecule has 5 heteroatoms. The van der Waals surface area contributed by atoms with Gasteiger partial charge in [-0.2, -0.15) is 0 Å². The average molecular weight is 281 g/mol. The molecule has 16 heavy (non-hydrogen) atoms. The molecule has 0 fully saturated rings. The van der Waals surface area contributed by atoms with Crippen LogP contribution in [0, 0.1) is 0 Å². The number of methoxy groups -OCH3 is 1. The summed E-state index contributed by atoms with van der Waals surface area (Å²) in [5, 5.41) is 0.690. The van der Waals surface area contributed by atoms with E-state index in [0.717, 1.165) is 4.47 Å². The van der Waals surface area contributed by atoms with Gasteiger partial charge in [0.05, 0.1) is 30.1 Å². The number of pyridine rings is 1. The van der Waals surface area contributed by atoms with E-state index in [9.17, 15) is 4.79 Å². The first-order valence-electron chi connectivity index (χ1n) is 4.55. The number of nitrogens with two attached hydrogens (primary N) is 1. The van der Waals surface area contributed by atoms with Crippen LogP contribution in [0.15, 0.2) is 28.9 Å². The van der Waals surface area contributed by atoms with Gasteiger partial charge < -0.3 is 10.5 Å². The van der Waals surface area contributed by atoms with Crippen LogP contribution >= 0.6 is 15.9 Å². The molecule has 0 amide bonds. The number of fused-ring (bicyclic) bond motifs is 1. The van der Waals surface area contributed by atoms with Crippen molar-refractivity contribution < 1.29 is 9.53 Å². The fraction of sp³-hybridized carbons (Fsp3) is 0.0909.